The van der Waals surface area contributed by atoms with Gasteiger partial charge in [0.2, 0.25) is 0 Å². The van der Waals surface area contributed by atoms with E-state index in [4.69, 9.17) is 0 Å². The lowest BCUT2D eigenvalue weighted by Gasteiger charge is -2.18. The van der Waals surface area contributed by atoms with Gasteiger partial charge in [0.05, 0.1) is 7.11 Å². The van der Waals surface area contributed by atoms with E-state index in [1.165, 1.54) is 17.6 Å². The van der Waals surface area contributed by atoms with Gasteiger partial charge in [0.15, 0.2) is 0 Å². The first-order valence-electron chi connectivity index (χ1n) is 4.45. The molecular formula is C11H15NO2. The van der Waals surface area contributed by atoms with Crippen LogP contribution in [0.3, 0.4) is 0 Å². The van der Waals surface area contributed by atoms with Crippen molar-refractivity contribution >= 4 is 11.8 Å². The van der Waals surface area contributed by atoms with Gasteiger partial charge in [0, 0.05) is 12.7 Å². The minimum Gasteiger partial charge on any atom is -0.452 e. The lowest BCUT2D eigenvalue weighted by Crippen LogP contribution is -2.26. The van der Waals surface area contributed by atoms with E-state index < -0.39 is 0 Å². The standard InChI is InChI=1S/C11H15NO2/c1-8-5-6-10(9(2)7-8)12(3)11(13)14-4/h5-7H,1-4H3. The topological polar surface area (TPSA) is 29.5 Å². The van der Waals surface area contributed by atoms with Crippen molar-refractivity contribution in [3.63, 3.8) is 0 Å². The minimum absolute atomic E-state index is 0.350. The smallest absolute Gasteiger partial charge is 0.413 e. The molecule has 0 aliphatic rings. The summed E-state index contributed by atoms with van der Waals surface area (Å²) in [5.41, 5.74) is 3.13. The molecule has 76 valence electrons. The molecule has 0 fully saturated rings. The second-order valence-electron chi connectivity index (χ2n) is 3.32. The van der Waals surface area contributed by atoms with E-state index in [0.717, 1.165) is 11.3 Å². The van der Waals surface area contributed by atoms with Crippen molar-refractivity contribution < 1.29 is 9.53 Å². The highest BCUT2D eigenvalue weighted by Gasteiger charge is 2.12. The molecule has 1 amide bonds. The van der Waals surface area contributed by atoms with Crippen LogP contribution in [0.4, 0.5) is 10.5 Å². The van der Waals surface area contributed by atoms with E-state index in [1.54, 1.807) is 7.05 Å². The summed E-state index contributed by atoms with van der Waals surface area (Å²) in [6.45, 7) is 4.00. The number of hydrogen-bond acceptors (Lipinski definition) is 2. The fourth-order valence-electron chi connectivity index (χ4n) is 1.42. The van der Waals surface area contributed by atoms with Crippen molar-refractivity contribution in [2.75, 3.05) is 19.1 Å². The molecule has 0 heterocycles. The predicted octanol–water partition coefficient (Wildman–Crippen LogP) is 2.51. The number of carbonyl (C=O) groups is 1. The highest BCUT2D eigenvalue weighted by molar-refractivity contribution is 5.87. The van der Waals surface area contributed by atoms with Crippen LogP contribution in [0.2, 0.25) is 0 Å². The van der Waals surface area contributed by atoms with E-state index in [2.05, 4.69) is 4.74 Å². The summed E-state index contributed by atoms with van der Waals surface area (Å²) >= 11 is 0. The molecule has 0 saturated carbocycles. The highest BCUT2D eigenvalue weighted by atomic mass is 16.5. The first-order valence-corrected chi connectivity index (χ1v) is 4.45. The van der Waals surface area contributed by atoms with Crippen LogP contribution < -0.4 is 4.90 Å². The number of ether oxygens (including phenoxy) is 1. The van der Waals surface area contributed by atoms with Crippen LogP contribution in [0.5, 0.6) is 0 Å². The van der Waals surface area contributed by atoms with Crippen molar-refractivity contribution in [2.24, 2.45) is 0 Å². The molecule has 1 aromatic carbocycles. The molecule has 0 unspecified atom stereocenters. The zero-order chi connectivity index (χ0) is 10.7. The van der Waals surface area contributed by atoms with E-state index in [0.29, 0.717) is 0 Å². The van der Waals surface area contributed by atoms with Crippen molar-refractivity contribution in [3.05, 3.63) is 29.3 Å². The minimum atomic E-state index is -0.350. The molecule has 0 atom stereocenters. The number of nitrogens with zero attached hydrogens (tertiary/aromatic N) is 1. The van der Waals surface area contributed by atoms with Crippen molar-refractivity contribution in [2.45, 2.75) is 13.8 Å². The van der Waals surface area contributed by atoms with Gasteiger partial charge in [-0.25, -0.2) is 4.79 Å². The van der Waals surface area contributed by atoms with Gasteiger partial charge in [-0.05, 0) is 25.5 Å². The normalized spacial score (nSPS) is 9.71. The molecule has 0 radical (unpaired) electrons. The van der Waals surface area contributed by atoms with Gasteiger partial charge in [0.1, 0.15) is 0 Å². The predicted molar refractivity (Wildman–Crippen MR) is 56.7 cm³/mol. The fraction of sp³-hybridized carbons (Fsp3) is 0.364. The van der Waals surface area contributed by atoms with E-state index >= 15 is 0 Å². The summed E-state index contributed by atoms with van der Waals surface area (Å²) in [4.78, 5) is 12.7. The Morgan fingerprint density at radius 1 is 1.36 bits per heavy atom. The average molecular weight is 193 g/mol. The van der Waals surface area contributed by atoms with Crippen LogP contribution >= 0.6 is 0 Å². The Morgan fingerprint density at radius 2 is 2.00 bits per heavy atom. The van der Waals surface area contributed by atoms with Crippen LogP contribution in [0.25, 0.3) is 0 Å². The first-order chi connectivity index (χ1) is 6.56. The second kappa shape index (κ2) is 4.13. The van der Waals surface area contributed by atoms with Crippen LogP contribution in [-0.4, -0.2) is 20.3 Å². The number of rotatable bonds is 1. The Bertz CT molecular complexity index is 347. The maximum atomic E-state index is 11.3. The maximum Gasteiger partial charge on any atom is 0.413 e. The Balaban J connectivity index is 3.01. The van der Waals surface area contributed by atoms with Crippen LogP contribution in [-0.2, 0) is 4.74 Å². The summed E-state index contributed by atoms with van der Waals surface area (Å²) < 4.78 is 4.64. The summed E-state index contributed by atoms with van der Waals surface area (Å²) in [6, 6.07) is 5.93. The second-order valence-corrected chi connectivity index (χ2v) is 3.32. The highest BCUT2D eigenvalue weighted by Crippen LogP contribution is 2.20. The molecule has 3 heteroatoms. The Labute approximate surface area is 84.3 Å². The third-order valence-electron chi connectivity index (χ3n) is 2.16. The number of aryl methyl sites for hydroxylation is 2. The van der Waals surface area contributed by atoms with Crippen LogP contribution in [0, 0.1) is 13.8 Å². The monoisotopic (exact) mass is 193 g/mol. The summed E-state index contributed by atoms with van der Waals surface area (Å²) in [5.74, 6) is 0. The molecule has 0 saturated heterocycles. The zero-order valence-electron chi connectivity index (χ0n) is 9.00. The lowest BCUT2D eigenvalue weighted by molar-refractivity contribution is 0.180. The van der Waals surface area contributed by atoms with Crippen LogP contribution in [0.15, 0.2) is 18.2 Å². The fourth-order valence-corrected chi connectivity index (χ4v) is 1.42. The molecule has 0 aliphatic carbocycles. The summed E-state index contributed by atoms with van der Waals surface area (Å²) in [5, 5.41) is 0. The SMILES string of the molecule is COC(=O)N(C)c1ccc(C)cc1C. The largest absolute Gasteiger partial charge is 0.452 e. The maximum absolute atomic E-state index is 11.3. The third kappa shape index (κ3) is 2.05. The van der Waals surface area contributed by atoms with Gasteiger partial charge in [-0.3, -0.25) is 4.90 Å². The van der Waals surface area contributed by atoms with Crippen molar-refractivity contribution in [1.82, 2.24) is 0 Å². The third-order valence-corrected chi connectivity index (χ3v) is 2.16. The van der Waals surface area contributed by atoms with E-state index in [9.17, 15) is 4.79 Å². The molecule has 1 rings (SSSR count). The van der Waals surface area contributed by atoms with Gasteiger partial charge in [-0.2, -0.15) is 0 Å². The molecule has 0 bridgehead atoms. The van der Waals surface area contributed by atoms with Crippen LogP contribution in [0.1, 0.15) is 11.1 Å². The molecule has 0 aromatic heterocycles. The number of benzene rings is 1. The quantitative estimate of drug-likeness (QED) is 0.685. The molecule has 3 nitrogen and oxygen atoms in total. The lowest BCUT2D eigenvalue weighted by atomic mass is 10.1. The van der Waals surface area contributed by atoms with Gasteiger partial charge in [0.25, 0.3) is 0 Å². The van der Waals surface area contributed by atoms with Gasteiger partial charge in [-0.1, -0.05) is 17.7 Å². The van der Waals surface area contributed by atoms with E-state index in [1.807, 2.05) is 32.0 Å². The van der Waals surface area contributed by atoms with Crippen molar-refractivity contribution in [1.29, 1.82) is 0 Å². The van der Waals surface area contributed by atoms with E-state index in [-0.39, 0.29) is 6.09 Å². The number of carbonyl (C=O) groups excluding carboxylic acids is 1. The molecule has 14 heavy (non-hydrogen) atoms. The number of amides is 1. The molecule has 0 aliphatic heterocycles. The van der Waals surface area contributed by atoms with Gasteiger partial charge in [-0.15, -0.1) is 0 Å². The average Bonchev–Trinajstić information content (AvgIpc) is 2.15. The van der Waals surface area contributed by atoms with Gasteiger partial charge >= 0.3 is 6.09 Å². The molecule has 0 spiro atoms. The Kier molecular flexibility index (Phi) is 3.12. The summed E-state index contributed by atoms with van der Waals surface area (Å²) in [6.07, 6.45) is -0.350. The Morgan fingerprint density at radius 3 is 2.50 bits per heavy atom. The Hall–Kier alpha value is -1.51. The summed E-state index contributed by atoms with van der Waals surface area (Å²) in [7, 11) is 3.08. The molecule has 1 aromatic rings. The number of hydrogen-bond donors (Lipinski definition) is 0. The van der Waals surface area contributed by atoms with Gasteiger partial charge < -0.3 is 4.74 Å². The molecular weight excluding hydrogens is 178 g/mol. The molecule has 0 N–H and O–H groups in total. The first kappa shape index (κ1) is 10.6. The van der Waals surface area contributed by atoms with Crippen molar-refractivity contribution in [3.8, 4) is 0 Å². The number of anilines is 1. The number of methoxy groups -OCH3 is 1. The zero-order valence-corrected chi connectivity index (χ0v) is 9.00.